The molecule has 1 atom stereocenters. The summed E-state index contributed by atoms with van der Waals surface area (Å²) in [6.07, 6.45) is 4.73. The van der Waals surface area contributed by atoms with Crippen LogP contribution in [0.3, 0.4) is 0 Å². The molecule has 1 aliphatic carbocycles. The average molecular weight is 455 g/mol. The second-order valence-corrected chi connectivity index (χ2v) is 11.0. The van der Waals surface area contributed by atoms with Crippen molar-refractivity contribution in [3.8, 4) is 17.2 Å². The average Bonchev–Trinajstić information content (AvgIpc) is 3.01. The van der Waals surface area contributed by atoms with E-state index in [1.165, 1.54) is 0 Å². The summed E-state index contributed by atoms with van der Waals surface area (Å²) in [7, 11) is -1.17. The fraction of sp³-hybridized carbons (Fsp3) is 0.417. The molecule has 1 heterocycles. The highest BCUT2D eigenvalue weighted by molar-refractivity contribution is 8.22. The molecule has 0 aromatic heterocycles. The first-order chi connectivity index (χ1) is 15.2. The van der Waals surface area contributed by atoms with Crippen molar-refractivity contribution in [2.24, 2.45) is 5.73 Å². The maximum Gasteiger partial charge on any atom is 0.241 e. The number of hydrogen-bond acceptors (Lipinski definition) is 6. The summed E-state index contributed by atoms with van der Waals surface area (Å²) in [5, 5.41) is 12.4. The highest BCUT2D eigenvalue weighted by Crippen LogP contribution is 2.58. The molecule has 1 aliphatic heterocycles. The van der Waals surface area contributed by atoms with E-state index in [0.29, 0.717) is 30.7 Å². The summed E-state index contributed by atoms with van der Waals surface area (Å²) in [6, 6.07) is 15.1. The number of carbonyl (C=O) groups is 1. The van der Waals surface area contributed by atoms with Gasteiger partial charge in [-0.15, -0.1) is 10.8 Å². The summed E-state index contributed by atoms with van der Waals surface area (Å²) in [5.74, 6) is -0.227. The van der Waals surface area contributed by atoms with Gasteiger partial charge >= 0.3 is 0 Å². The molecule has 1 amide bonds. The predicted octanol–water partition coefficient (Wildman–Crippen LogP) is 4.04. The molecule has 1 saturated carbocycles. The van der Waals surface area contributed by atoms with E-state index in [1.807, 2.05) is 36.4 Å². The number of rotatable bonds is 5. The van der Waals surface area contributed by atoms with Crippen LogP contribution in [0.15, 0.2) is 47.4 Å². The number of benzene rings is 2. The number of amides is 1. The number of nitrogens with zero attached hydrogens (tertiary/aromatic N) is 2. The van der Waals surface area contributed by atoms with E-state index in [0.717, 1.165) is 41.5 Å². The molecule has 0 bridgehead atoms. The van der Waals surface area contributed by atoms with Crippen molar-refractivity contribution >= 4 is 16.7 Å². The van der Waals surface area contributed by atoms with Crippen molar-refractivity contribution in [2.75, 3.05) is 7.05 Å². The second kappa shape index (κ2) is 8.85. The Labute approximate surface area is 190 Å². The van der Waals surface area contributed by atoms with E-state index in [1.54, 1.807) is 17.4 Å². The first kappa shape index (κ1) is 22.8. The van der Waals surface area contributed by atoms with Crippen molar-refractivity contribution in [1.82, 2.24) is 9.62 Å². The second-order valence-electron chi connectivity index (χ2n) is 8.90. The first-order valence-electron chi connectivity index (χ1n) is 10.9. The summed E-state index contributed by atoms with van der Waals surface area (Å²) < 4.78 is 22.1. The quantitative estimate of drug-likeness (QED) is 0.541. The van der Waals surface area contributed by atoms with E-state index in [4.69, 9.17) is 5.73 Å². The molecule has 4 rings (SSSR count). The van der Waals surface area contributed by atoms with Gasteiger partial charge in [0.15, 0.2) is 0 Å². The monoisotopic (exact) mass is 454 g/mol. The maximum atomic E-state index is 12.7. The number of nitrogens with one attached hydrogen (secondary N) is 1. The standard InChI is InChI=1S/C24H30N4O3S/c1-28-16-20-14-19(9-10-22(20)32(28,30)31)18-7-5-17(6-8-18)13-21(15-25)27-23(29)24(26)11-3-2-4-12-24/h5-10,14,21,30-31H,2-4,11-13,16,26H2,1H3,(H,27,29)/t21-/m0/s1. The predicted molar refractivity (Wildman–Crippen MR) is 126 cm³/mol. The molecule has 2 aromatic carbocycles. The number of carbonyl (C=O) groups excluding carboxylic acids is 1. The molecule has 0 unspecified atom stereocenters. The lowest BCUT2D eigenvalue weighted by Crippen LogP contribution is -2.57. The van der Waals surface area contributed by atoms with Crippen LogP contribution in [-0.2, 0) is 17.8 Å². The number of nitriles is 1. The third-order valence-electron chi connectivity index (χ3n) is 6.57. The normalized spacial score (nSPS) is 21.2. The minimum atomic E-state index is -2.87. The van der Waals surface area contributed by atoms with Crippen LogP contribution in [-0.4, -0.2) is 37.9 Å². The first-order valence-corrected chi connectivity index (χ1v) is 12.4. The molecule has 32 heavy (non-hydrogen) atoms. The van der Waals surface area contributed by atoms with Crippen LogP contribution < -0.4 is 11.1 Å². The van der Waals surface area contributed by atoms with Gasteiger partial charge in [-0.1, -0.05) is 49.6 Å². The van der Waals surface area contributed by atoms with Crippen molar-refractivity contribution in [2.45, 2.75) is 61.5 Å². The van der Waals surface area contributed by atoms with Gasteiger partial charge in [-0.05, 0) is 47.2 Å². The van der Waals surface area contributed by atoms with E-state index >= 15 is 0 Å². The third-order valence-corrected chi connectivity index (χ3v) is 8.56. The Morgan fingerprint density at radius 3 is 2.50 bits per heavy atom. The van der Waals surface area contributed by atoms with Crippen LogP contribution in [0.2, 0.25) is 0 Å². The van der Waals surface area contributed by atoms with Crippen LogP contribution in [0.25, 0.3) is 11.1 Å². The Morgan fingerprint density at radius 2 is 1.84 bits per heavy atom. The zero-order chi connectivity index (χ0) is 22.9. The molecule has 2 aliphatic rings. The fourth-order valence-electron chi connectivity index (χ4n) is 4.56. The minimum Gasteiger partial charge on any atom is -0.338 e. The molecule has 2 aromatic rings. The van der Waals surface area contributed by atoms with Crippen LogP contribution in [0, 0.1) is 11.3 Å². The van der Waals surface area contributed by atoms with Gasteiger partial charge < -0.3 is 11.1 Å². The lowest BCUT2D eigenvalue weighted by molar-refractivity contribution is -0.127. The molecule has 0 spiro atoms. The van der Waals surface area contributed by atoms with E-state index in [2.05, 4.69) is 11.4 Å². The van der Waals surface area contributed by atoms with Gasteiger partial charge in [-0.25, -0.2) is 4.31 Å². The van der Waals surface area contributed by atoms with Crippen molar-refractivity contribution in [1.29, 1.82) is 5.26 Å². The Morgan fingerprint density at radius 1 is 1.19 bits per heavy atom. The number of hydrogen-bond donors (Lipinski definition) is 4. The van der Waals surface area contributed by atoms with Crippen molar-refractivity contribution in [3.05, 3.63) is 53.6 Å². The van der Waals surface area contributed by atoms with Crippen LogP contribution in [0.5, 0.6) is 0 Å². The summed E-state index contributed by atoms with van der Waals surface area (Å²) in [5.41, 5.74) is 9.30. The molecule has 8 heteroatoms. The van der Waals surface area contributed by atoms with Crippen LogP contribution in [0.1, 0.15) is 43.2 Å². The smallest absolute Gasteiger partial charge is 0.241 e. The van der Waals surface area contributed by atoms with Gasteiger partial charge in [0.2, 0.25) is 5.91 Å². The highest BCUT2D eigenvalue weighted by atomic mass is 32.3. The van der Waals surface area contributed by atoms with Crippen molar-refractivity contribution < 1.29 is 13.9 Å². The molecule has 5 N–H and O–H groups in total. The zero-order valence-electron chi connectivity index (χ0n) is 18.3. The molecule has 0 radical (unpaired) electrons. The largest absolute Gasteiger partial charge is 0.338 e. The molecular weight excluding hydrogens is 424 g/mol. The van der Waals surface area contributed by atoms with Crippen LogP contribution in [0.4, 0.5) is 0 Å². The van der Waals surface area contributed by atoms with Gasteiger partial charge in [0.05, 0.1) is 16.5 Å². The Kier molecular flexibility index (Phi) is 6.30. The van der Waals surface area contributed by atoms with E-state index in [-0.39, 0.29) is 5.91 Å². The summed E-state index contributed by atoms with van der Waals surface area (Å²) in [6.45, 7) is 0.496. The van der Waals surface area contributed by atoms with E-state index in [9.17, 15) is 19.2 Å². The fourth-order valence-corrected chi connectivity index (χ4v) is 5.94. The summed E-state index contributed by atoms with van der Waals surface area (Å²) in [4.78, 5) is 13.2. The van der Waals surface area contributed by atoms with Gasteiger partial charge in [-0.3, -0.25) is 13.9 Å². The van der Waals surface area contributed by atoms with E-state index < -0.39 is 22.4 Å². The number of nitrogens with two attached hydrogens (primary N) is 1. The molecular formula is C24H30N4O3S. The Bertz CT molecular complexity index is 1040. The highest BCUT2D eigenvalue weighted by Gasteiger charge is 2.36. The van der Waals surface area contributed by atoms with Gasteiger partial charge in [-0.2, -0.15) is 5.26 Å². The lowest BCUT2D eigenvalue weighted by atomic mass is 9.81. The summed E-state index contributed by atoms with van der Waals surface area (Å²) >= 11 is 0. The topological polar surface area (TPSA) is 123 Å². The van der Waals surface area contributed by atoms with Gasteiger partial charge in [0.1, 0.15) is 6.04 Å². The third kappa shape index (κ3) is 4.40. The molecule has 1 fully saturated rings. The Hall–Kier alpha value is -2.41. The SMILES string of the molecule is CN1Cc2cc(-c3ccc(C[C@@H](C#N)NC(=O)C4(N)CCCCC4)cc3)ccc2S1(O)O. The maximum absolute atomic E-state index is 12.7. The van der Waals surface area contributed by atoms with Gasteiger partial charge in [0.25, 0.3) is 0 Å². The van der Waals surface area contributed by atoms with Crippen molar-refractivity contribution in [3.63, 3.8) is 0 Å². The lowest BCUT2D eigenvalue weighted by Gasteiger charge is -2.34. The Balaban J connectivity index is 1.43. The number of fused-ring (bicyclic) bond motifs is 1. The minimum absolute atomic E-state index is 0.227. The molecule has 0 saturated heterocycles. The van der Waals surface area contributed by atoms with Gasteiger partial charge in [0, 0.05) is 20.0 Å². The zero-order valence-corrected chi connectivity index (χ0v) is 19.1. The molecule has 7 nitrogen and oxygen atoms in total. The van der Waals surface area contributed by atoms with Crippen LogP contribution >= 0.6 is 10.8 Å². The molecule has 170 valence electrons.